The van der Waals surface area contributed by atoms with E-state index >= 15 is 0 Å². The van der Waals surface area contributed by atoms with Gasteiger partial charge < -0.3 is 24.3 Å². The molecule has 2 heterocycles. The Hall–Kier alpha value is 0.842. The molecule has 0 spiro atoms. The first kappa shape index (κ1) is 34.0. The molecule has 1 aromatic rings. The summed E-state index contributed by atoms with van der Waals surface area (Å²) in [4.78, 5) is 60.6. The van der Waals surface area contributed by atoms with Crippen molar-refractivity contribution in [1.82, 2.24) is 9.55 Å². The summed E-state index contributed by atoms with van der Waals surface area (Å²) in [6.07, 6.45) is 0.212. The summed E-state index contributed by atoms with van der Waals surface area (Å²) in [5.74, 6) is 0. The van der Waals surface area contributed by atoms with Crippen molar-refractivity contribution in [2.75, 3.05) is 6.61 Å². The van der Waals surface area contributed by atoms with Crippen LogP contribution in [-0.2, 0) is 31.6 Å². The third-order valence-electron chi connectivity index (χ3n) is 3.38. The van der Waals surface area contributed by atoms with Gasteiger partial charge in [0.2, 0.25) is 0 Å². The van der Waals surface area contributed by atoms with Gasteiger partial charge in [0.15, 0.2) is 0 Å². The Morgan fingerprint density at radius 1 is 1.06 bits per heavy atom. The molecule has 1 saturated heterocycles. The van der Waals surface area contributed by atoms with Crippen LogP contribution < -0.4 is 67.8 Å². The van der Waals surface area contributed by atoms with Gasteiger partial charge in [-0.2, -0.15) is 8.62 Å². The molecule has 0 aliphatic carbocycles. The number of H-pyrrole nitrogens is 1. The van der Waals surface area contributed by atoms with Crippen molar-refractivity contribution in [3.63, 3.8) is 0 Å². The number of phosphoric acid groups is 3. The van der Waals surface area contributed by atoms with Gasteiger partial charge in [0.25, 0.3) is 5.56 Å². The third kappa shape index (κ3) is 11.2. The Labute approximate surface area is 211 Å². The average Bonchev–Trinajstić information content (AvgIpc) is 2.94. The maximum absolute atomic E-state index is 11.8. The quantitative estimate of drug-likeness (QED) is 0.170. The van der Waals surface area contributed by atoms with E-state index in [4.69, 9.17) is 19.4 Å². The molecule has 1 aliphatic heterocycles. The second-order valence-corrected chi connectivity index (χ2v) is 10.1. The predicted octanol–water partition coefficient (Wildman–Crippen LogP) is -9.12. The van der Waals surface area contributed by atoms with Crippen LogP contribution >= 0.6 is 23.5 Å². The van der Waals surface area contributed by atoms with Gasteiger partial charge in [0, 0.05) is 11.8 Å². The topological polar surface area (TPSA) is 224 Å². The number of aromatic nitrogens is 2. The first-order chi connectivity index (χ1) is 12.7. The summed E-state index contributed by atoms with van der Waals surface area (Å²) in [6, 6.07) is 0. The van der Waals surface area contributed by atoms with E-state index in [0.717, 1.165) is 4.57 Å². The molecular formula is C10H17Li3N2O13P3+3. The minimum Gasteiger partial charge on any atom is -0.352 e. The van der Waals surface area contributed by atoms with Crippen molar-refractivity contribution < 1.29 is 108 Å². The van der Waals surface area contributed by atoms with Crippen LogP contribution in [0.3, 0.4) is 0 Å². The van der Waals surface area contributed by atoms with Gasteiger partial charge in [-0.1, -0.05) is 0 Å². The fourth-order valence-corrected chi connectivity index (χ4v) is 5.34. The van der Waals surface area contributed by atoms with Crippen molar-refractivity contribution in [3.05, 3.63) is 32.6 Å². The number of nitrogens with one attached hydrogen (secondary N) is 1. The van der Waals surface area contributed by atoms with Crippen LogP contribution in [0.5, 0.6) is 0 Å². The molecule has 4 atom stereocenters. The van der Waals surface area contributed by atoms with Crippen molar-refractivity contribution in [1.29, 1.82) is 0 Å². The standard InChI is InChI=1S/C10H17N2O13P3.3Li/c1-6-4-12(10(14)11-9(6)13)8-3-2-7(23-8)5-22-27(18,19)25-28(20,21)24-26(15,16)17;;;/h4,7-8H,2-3,5H2,1H3,(H,18,19)(H,20,21)(H,11,13,14)(H2,15,16,17);;;/q;3*+1/t7-,8+;;;/m0.../s1. The number of rotatable bonds is 8. The summed E-state index contributed by atoms with van der Waals surface area (Å²) < 4.78 is 51.7. The zero-order valence-corrected chi connectivity index (χ0v) is 19.8. The molecular weight excluding hydrogens is 470 g/mol. The average molecular weight is 487 g/mol. The third-order valence-corrected chi connectivity index (χ3v) is 7.18. The van der Waals surface area contributed by atoms with Gasteiger partial charge in [-0.25, -0.2) is 18.5 Å². The minimum atomic E-state index is -5.59. The molecule has 0 radical (unpaired) electrons. The van der Waals surface area contributed by atoms with Gasteiger partial charge in [-0.05, 0) is 19.8 Å². The zero-order chi connectivity index (χ0) is 21.3. The van der Waals surface area contributed by atoms with Crippen LogP contribution in [0.2, 0.25) is 0 Å². The molecule has 160 valence electrons. The SMILES string of the molecule is Cc1cn([C@H]2CC[C@@H](COP(=O)(O)OP(=O)(O)OP(=O)(O)O)O2)c(=O)[nH]c1=O.[Li+].[Li+].[Li+]. The molecule has 2 rings (SSSR count). The number of phosphoric ester groups is 1. The summed E-state index contributed by atoms with van der Waals surface area (Å²) in [6.45, 7) is 0.869. The van der Waals surface area contributed by atoms with Gasteiger partial charge >= 0.3 is 85.7 Å². The second-order valence-electron chi connectivity index (χ2n) is 5.66. The second kappa shape index (κ2) is 13.1. The Kier molecular flexibility index (Phi) is 14.3. The van der Waals surface area contributed by atoms with Crippen LogP contribution in [0, 0.1) is 6.92 Å². The van der Waals surface area contributed by atoms with E-state index in [1.165, 1.54) is 13.1 Å². The smallest absolute Gasteiger partial charge is 0.352 e. The molecule has 15 nitrogen and oxygen atoms in total. The fraction of sp³-hybridized carbons (Fsp3) is 0.600. The first-order valence-electron chi connectivity index (χ1n) is 7.43. The molecule has 1 fully saturated rings. The Balaban J connectivity index is 0. The number of ether oxygens (including phenoxy) is 1. The molecule has 5 N–H and O–H groups in total. The van der Waals surface area contributed by atoms with Crippen molar-refractivity contribution in [3.8, 4) is 0 Å². The van der Waals surface area contributed by atoms with Crippen LogP contribution in [0.1, 0.15) is 24.6 Å². The maximum Gasteiger partial charge on any atom is 1.00 e. The van der Waals surface area contributed by atoms with E-state index in [2.05, 4.69) is 18.1 Å². The van der Waals surface area contributed by atoms with Gasteiger partial charge in [0.05, 0.1) is 12.7 Å². The molecule has 0 bridgehead atoms. The molecule has 0 aromatic carbocycles. The fourth-order valence-electron chi connectivity index (χ4n) is 2.29. The largest absolute Gasteiger partial charge is 1.00 e. The summed E-state index contributed by atoms with van der Waals surface area (Å²) in [7, 11) is -16.3. The molecule has 21 heteroatoms. The molecule has 2 unspecified atom stereocenters. The molecule has 31 heavy (non-hydrogen) atoms. The number of nitrogens with zero attached hydrogens (tertiary/aromatic N) is 1. The van der Waals surface area contributed by atoms with Crippen molar-refractivity contribution in [2.24, 2.45) is 0 Å². The maximum atomic E-state index is 11.8. The van der Waals surface area contributed by atoms with E-state index in [1.807, 2.05) is 0 Å². The summed E-state index contributed by atoms with van der Waals surface area (Å²) in [5.41, 5.74) is -1.00. The molecule has 1 aromatic heterocycles. The Bertz CT molecular complexity index is 994. The van der Waals surface area contributed by atoms with Crippen LogP contribution in [0.15, 0.2) is 15.8 Å². The zero-order valence-electron chi connectivity index (χ0n) is 17.1. The number of aryl methyl sites for hydroxylation is 1. The molecule has 1 aliphatic rings. The monoisotopic (exact) mass is 487 g/mol. The van der Waals surface area contributed by atoms with Crippen LogP contribution in [0.25, 0.3) is 0 Å². The van der Waals surface area contributed by atoms with Gasteiger partial charge in [-0.3, -0.25) is 18.9 Å². The predicted molar refractivity (Wildman–Crippen MR) is 89.0 cm³/mol. The van der Waals surface area contributed by atoms with Crippen LogP contribution in [0.4, 0.5) is 0 Å². The summed E-state index contributed by atoms with van der Waals surface area (Å²) in [5, 5.41) is 0. The van der Waals surface area contributed by atoms with E-state index in [0.29, 0.717) is 0 Å². The molecule has 0 amide bonds. The first-order valence-corrected chi connectivity index (χ1v) is 12.0. The van der Waals surface area contributed by atoms with E-state index in [-0.39, 0.29) is 75.0 Å². The van der Waals surface area contributed by atoms with E-state index in [9.17, 15) is 28.2 Å². The Morgan fingerprint density at radius 3 is 2.19 bits per heavy atom. The van der Waals surface area contributed by atoms with E-state index < -0.39 is 53.7 Å². The molecule has 0 saturated carbocycles. The van der Waals surface area contributed by atoms with Crippen LogP contribution in [-0.4, -0.2) is 41.8 Å². The Morgan fingerprint density at radius 2 is 1.65 bits per heavy atom. The number of aromatic amines is 1. The van der Waals surface area contributed by atoms with Crippen molar-refractivity contribution >= 4 is 23.5 Å². The van der Waals surface area contributed by atoms with Gasteiger partial charge in [-0.15, -0.1) is 0 Å². The normalized spacial score (nSPS) is 22.2. The van der Waals surface area contributed by atoms with E-state index in [1.54, 1.807) is 0 Å². The number of hydrogen-bond donors (Lipinski definition) is 5. The number of hydrogen-bond acceptors (Lipinski definition) is 9. The van der Waals surface area contributed by atoms with Gasteiger partial charge in [0.1, 0.15) is 6.23 Å². The van der Waals surface area contributed by atoms with Crippen molar-refractivity contribution in [2.45, 2.75) is 32.1 Å². The summed E-state index contributed by atoms with van der Waals surface area (Å²) >= 11 is 0. The minimum absolute atomic E-state index is 0.